The molecule has 0 aliphatic carbocycles. The average molecular weight is 382 g/mol. The van der Waals surface area contributed by atoms with Crippen molar-refractivity contribution in [3.8, 4) is 0 Å². The van der Waals surface area contributed by atoms with Crippen LogP contribution in [0, 0.1) is 18.6 Å². The SMILES string of the molecule is CCCn1nc(Nc2cc3c(cn2)cnn3Cc2cc(F)ccc2F)cc1C. The van der Waals surface area contributed by atoms with E-state index < -0.39 is 11.6 Å². The van der Waals surface area contributed by atoms with Crippen molar-refractivity contribution in [2.24, 2.45) is 0 Å². The number of aromatic nitrogens is 5. The van der Waals surface area contributed by atoms with Crippen molar-refractivity contribution in [3.63, 3.8) is 0 Å². The summed E-state index contributed by atoms with van der Waals surface area (Å²) in [4.78, 5) is 4.39. The van der Waals surface area contributed by atoms with E-state index in [2.05, 4.69) is 27.4 Å². The Labute approximate surface area is 160 Å². The second-order valence-electron chi connectivity index (χ2n) is 6.69. The number of halogens is 2. The van der Waals surface area contributed by atoms with Crippen molar-refractivity contribution in [2.75, 3.05) is 5.32 Å². The minimum atomic E-state index is -0.477. The highest BCUT2D eigenvalue weighted by Crippen LogP contribution is 2.21. The number of fused-ring (bicyclic) bond motifs is 1. The highest BCUT2D eigenvalue weighted by molar-refractivity contribution is 5.81. The van der Waals surface area contributed by atoms with Gasteiger partial charge in [-0.2, -0.15) is 10.2 Å². The maximum absolute atomic E-state index is 14.0. The first-order chi connectivity index (χ1) is 13.5. The van der Waals surface area contributed by atoms with E-state index in [0.29, 0.717) is 11.6 Å². The minimum Gasteiger partial charge on any atom is -0.323 e. The first kappa shape index (κ1) is 18.1. The molecule has 0 aliphatic rings. The Morgan fingerprint density at radius 2 is 1.89 bits per heavy atom. The highest BCUT2D eigenvalue weighted by Gasteiger charge is 2.11. The molecule has 0 atom stereocenters. The molecule has 4 aromatic rings. The van der Waals surface area contributed by atoms with Gasteiger partial charge < -0.3 is 5.32 Å². The number of nitrogens with one attached hydrogen (secondary N) is 1. The fourth-order valence-electron chi connectivity index (χ4n) is 3.13. The Morgan fingerprint density at radius 3 is 2.71 bits per heavy atom. The van der Waals surface area contributed by atoms with Crippen molar-refractivity contribution in [1.82, 2.24) is 24.5 Å². The fraction of sp³-hybridized carbons (Fsp3) is 0.250. The molecule has 144 valence electrons. The topological polar surface area (TPSA) is 60.6 Å². The van der Waals surface area contributed by atoms with Crippen LogP contribution < -0.4 is 5.32 Å². The lowest BCUT2D eigenvalue weighted by molar-refractivity contribution is 0.570. The summed E-state index contributed by atoms with van der Waals surface area (Å²) in [5.41, 5.74) is 2.08. The predicted octanol–water partition coefficient (Wildman–Crippen LogP) is 4.42. The third-order valence-corrected chi connectivity index (χ3v) is 4.53. The molecular formula is C20H20F2N6. The molecule has 0 saturated carbocycles. The summed E-state index contributed by atoms with van der Waals surface area (Å²) in [6.45, 7) is 5.09. The van der Waals surface area contributed by atoms with Gasteiger partial charge >= 0.3 is 0 Å². The van der Waals surface area contributed by atoms with Crippen LogP contribution in [0.5, 0.6) is 0 Å². The molecule has 1 aromatic carbocycles. The molecule has 0 aliphatic heterocycles. The normalized spacial score (nSPS) is 11.3. The lowest BCUT2D eigenvalue weighted by Gasteiger charge is -2.07. The molecule has 4 rings (SSSR count). The molecule has 0 unspecified atom stereocenters. The number of hydrogen-bond donors (Lipinski definition) is 1. The smallest absolute Gasteiger partial charge is 0.153 e. The van der Waals surface area contributed by atoms with Gasteiger partial charge in [0.05, 0.1) is 18.3 Å². The largest absolute Gasteiger partial charge is 0.323 e. The van der Waals surface area contributed by atoms with Crippen LogP contribution in [0.2, 0.25) is 0 Å². The first-order valence-corrected chi connectivity index (χ1v) is 9.10. The maximum Gasteiger partial charge on any atom is 0.153 e. The van der Waals surface area contributed by atoms with E-state index in [0.717, 1.165) is 41.7 Å². The van der Waals surface area contributed by atoms with Crippen LogP contribution >= 0.6 is 0 Å². The number of hydrogen-bond acceptors (Lipinski definition) is 4. The Bertz CT molecular complexity index is 1130. The molecule has 0 bridgehead atoms. The van der Waals surface area contributed by atoms with E-state index in [1.807, 2.05) is 23.7 Å². The van der Waals surface area contributed by atoms with Crippen LogP contribution in [-0.2, 0) is 13.1 Å². The number of rotatable bonds is 6. The first-order valence-electron chi connectivity index (χ1n) is 9.10. The van der Waals surface area contributed by atoms with E-state index in [-0.39, 0.29) is 12.1 Å². The van der Waals surface area contributed by atoms with Crippen molar-refractivity contribution in [3.05, 3.63) is 65.6 Å². The van der Waals surface area contributed by atoms with Gasteiger partial charge in [-0.25, -0.2) is 13.8 Å². The standard InChI is InChI=1S/C20H20F2N6/c1-3-6-27-13(2)7-20(26-27)25-19-9-18-15(10-23-19)11-24-28(18)12-14-8-16(21)4-5-17(14)22/h4-5,7-11H,3,6,12H2,1-2H3,(H,23,25,26). The van der Waals surface area contributed by atoms with E-state index in [4.69, 9.17) is 0 Å². The highest BCUT2D eigenvalue weighted by atomic mass is 19.1. The Morgan fingerprint density at radius 1 is 1.04 bits per heavy atom. The molecule has 28 heavy (non-hydrogen) atoms. The zero-order valence-corrected chi connectivity index (χ0v) is 15.7. The second-order valence-corrected chi connectivity index (χ2v) is 6.69. The molecule has 8 heteroatoms. The molecule has 0 amide bonds. The molecule has 0 saturated heterocycles. The summed E-state index contributed by atoms with van der Waals surface area (Å²) >= 11 is 0. The fourth-order valence-corrected chi connectivity index (χ4v) is 3.13. The predicted molar refractivity (Wildman–Crippen MR) is 104 cm³/mol. The third-order valence-electron chi connectivity index (χ3n) is 4.53. The van der Waals surface area contributed by atoms with E-state index in [1.165, 1.54) is 6.07 Å². The summed E-state index contributed by atoms with van der Waals surface area (Å²) in [5.74, 6) is 0.375. The zero-order chi connectivity index (χ0) is 19.7. The molecule has 0 radical (unpaired) electrons. The summed E-state index contributed by atoms with van der Waals surface area (Å²) in [6.07, 6.45) is 4.35. The average Bonchev–Trinajstić information content (AvgIpc) is 3.22. The summed E-state index contributed by atoms with van der Waals surface area (Å²) < 4.78 is 31.0. The third kappa shape index (κ3) is 3.58. The van der Waals surface area contributed by atoms with Gasteiger partial charge in [0.1, 0.15) is 17.5 Å². The lowest BCUT2D eigenvalue weighted by atomic mass is 10.2. The van der Waals surface area contributed by atoms with Gasteiger partial charge in [0.15, 0.2) is 5.82 Å². The van der Waals surface area contributed by atoms with Gasteiger partial charge in [-0.3, -0.25) is 9.36 Å². The van der Waals surface area contributed by atoms with E-state index >= 15 is 0 Å². The summed E-state index contributed by atoms with van der Waals surface area (Å²) in [5, 5.41) is 12.8. The number of pyridine rings is 1. The van der Waals surface area contributed by atoms with Crippen LogP contribution in [0.25, 0.3) is 10.9 Å². The van der Waals surface area contributed by atoms with Gasteiger partial charge in [-0.15, -0.1) is 0 Å². The van der Waals surface area contributed by atoms with Crippen LogP contribution in [0.4, 0.5) is 20.4 Å². The van der Waals surface area contributed by atoms with Crippen LogP contribution in [-0.4, -0.2) is 24.5 Å². The van der Waals surface area contributed by atoms with Crippen molar-refractivity contribution >= 4 is 22.5 Å². The summed E-state index contributed by atoms with van der Waals surface area (Å²) in [7, 11) is 0. The molecular weight excluding hydrogens is 362 g/mol. The number of nitrogens with zero attached hydrogens (tertiary/aromatic N) is 5. The summed E-state index contributed by atoms with van der Waals surface area (Å²) in [6, 6.07) is 7.20. The Kier molecular flexibility index (Phi) is 4.77. The monoisotopic (exact) mass is 382 g/mol. The van der Waals surface area contributed by atoms with Crippen LogP contribution in [0.3, 0.4) is 0 Å². The van der Waals surface area contributed by atoms with Crippen LogP contribution in [0.1, 0.15) is 24.6 Å². The van der Waals surface area contributed by atoms with Crippen molar-refractivity contribution in [1.29, 1.82) is 0 Å². The molecule has 0 spiro atoms. The Hall–Kier alpha value is -3.29. The van der Waals surface area contributed by atoms with Crippen molar-refractivity contribution in [2.45, 2.75) is 33.4 Å². The molecule has 6 nitrogen and oxygen atoms in total. The lowest BCUT2D eigenvalue weighted by Crippen LogP contribution is -2.05. The van der Waals surface area contributed by atoms with Gasteiger partial charge in [0.2, 0.25) is 0 Å². The van der Waals surface area contributed by atoms with Gasteiger partial charge in [-0.05, 0) is 31.5 Å². The molecule has 0 fully saturated rings. The molecule has 3 heterocycles. The number of aryl methyl sites for hydroxylation is 2. The van der Waals surface area contributed by atoms with Gasteiger partial charge in [0.25, 0.3) is 0 Å². The second kappa shape index (κ2) is 7.38. The molecule has 1 N–H and O–H groups in total. The maximum atomic E-state index is 14.0. The van der Waals surface area contributed by atoms with Gasteiger partial charge in [-0.1, -0.05) is 6.92 Å². The molecule has 3 aromatic heterocycles. The van der Waals surface area contributed by atoms with E-state index in [1.54, 1.807) is 17.1 Å². The zero-order valence-electron chi connectivity index (χ0n) is 15.7. The van der Waals surface area contributed by atoms with Crippen LogP contribution in [0.15, 0.2) is 42.7 Å². The van der Waals surface area contributed by atoms with Gasteiger partial charge in [0, 0.05) is 41.5 Å². The number of benzene rings is 1. The van der Waals surface area contributed by atoms with E-state index in [9.17, 15) is 8.78 Å². The number of anilines is 2. The minimum absolute atomic E-state index is 0.126. The Balaban J connectivity index is 1.62. The van der Waals surface area contributed by atoms with Crippen molar-refractivity contribution < 1.29 is 8.78 Å². The quantitative estimate of drug-likeness (QED) is 0.536.